The van der Waals surface area contributed by atoms with Crippen LogP contribution < -0.4 is 0 Å². The number of carbonyl (C=O) groups excluding carboxylic acids is 1. The van der Waals surface area contributed by atoms with Gasteiger partial charge in [0.15, 0.2) is 8.32 Å². The first kappa shape index (κ1) is 15.0. The summed E-state index contributed by atoms with van der Waals surface area (Å²) < 4.78 is 12.0. The molecular formula is C15H28O3Si. The number of ether oxygens (including phenoxy) is 1. The highest BCUT2D eigenvalue weighted by molar-refractivity contribution is 6.73. The summed E-state index contributed by atoms with van der Waals surface area (Å²) in [6, 6.07) is 3.47. The van der Waals surface area contributed by atoms with E-state index < -0.39 is 8.32 Å². The summed E-state index contributed by atoms with van der Waals surface area (Å²) in [7, 11) is -1.63. The Bertz CT molecular complexity index is 332. The zero-order valence-electron chi connectivity index (χ0n) is 12.8. The molecule has 0 heterocycles. The van der Waals surface area contributed by atoms with Crippen molar-refractivity contribution in [2.24, 2.45) is 11.8 Å². The molecular weight excluding hydrogens is 256 g/mol. The third kappa shape index (κ3) is 2.38. The van der Waals surface area contributed by atoms with Crippen molar-refractivity contribution < 1.29 is 14.0 Å². The van der Waals surface area contributed by atoms with Gasteiger partial charge in [-0.25, -0.2) is 0 Å². The van der Waals surface area contributed by atoms with Crippen molar-refractivity contribution >= 4 is 14.3 Å². The molecule has 0 aromatic carbocycles. The number of esters is 1. The second kappa shape index (κ2) is 5.56. The second-order valence-corrected chi connectivity index (χ2v) is 10.7. The third-order valence-corrected chi connectivity index (χ3v) is 10.1. The number of hydrogen-bond donors (Lipinski definition) is 0. The van der Waals surface area contributed by atoms with Crippen molar-refractivity contribution in [1.29, 1.82) is 0 Å². The van der Waals surface area contributed by atoms with Crippen LogP contribution in [0.25, 0.3) is 0 Å². The lowest BCUT2D eigenvalue weighted by atomic mass is 10.1. The highest BCUT2D eigenvalue weighted by Gasteiger charge is 2.73. The van der Waals surface area contributed by atoms with Crippen molar-refractivity contribution in [3.63, 3.8) is 0 Å². The number of rotatable bonds is 7. The van der Waals surface area contributed by atoms with E-state index in [0.29, 0.717) is 12.5 Å². The molecule has 19 heavy (non-hydrogen) atoms. The van der Waals surface area contributed by atoms with E-state index in [4.69, 9.17) is 9.16 Å². The maximum atomic E-state index is 12.1. The molecule has 0 aliphatic heterocycles. The fourth-order valence-electron chi connectivity index (χ4n) is 4.00. The van der Waals surface area contributed by atoms with Gasteiger partial charge in [0.25, 0.3) is 0 Å². The first-order valence-electron chi connectivity index (χ1n) is 7.96. The largest absolute Gasteiger partial charge is 0.466 e. The predicted octanol–water partition coefficient (Wildman–Crippen LogP) is 3.74. The van der Waals surface area contributed by atoms with Crippen molar-refractivity contribution in [1.82, 2.24) is 0 Å². The molecule has 0 aromatic heterocycles. The Labute approximate surface area is 118 Å². The van der Waals surface area contributed by atoms with Crippen molar-refractivity contribution in [3.05, 3.63) is 0 Å². The van der Waals surface area contributed by atoms with Crippen molar-refractivity contribution in [2.75, 3.05) is 6.61 Å². The average molecular weight is 284 g/mol. The maximum Gasteiger partial charge on any atom is 0.312 e. The molecule has 0 saturated heterocycles. The molecule has 4 heteroatoms. The van der Waals surface area contributed by atoms with E-state index >= 15 is 0 Å². The Balaban J connectivity index is 2.11. The van der Waals surface area contributed by atoms with Crippen molar-refractivity contribution in [2.45, 2.75) is 70.7 Å². The van der Waals surface area contributed by atoms with E-state index in [1.54, 1.807) is 0 Å². The van der Waals surface area contributed by atoms with E-state index in [1.165, 1.54) is 6.42 Å². The van der Waals surface area contributed by atoms with Crippen LogP contribution in [0.2, 0.25) is 18.1 Å². The molecule has 0 N–H and O–H groups in total. The summed E-state index contributed by atoms with van der Waals surface area (Å²) in [6.45, 7) is 9.12. The van der Waals surface area contributed by atoms with Gasteiger partial charge in [0.2, 0.25) is 0 Å². The van der Waals surface area contributed by atoms with E-state index in [9.17, 15) is 4.79 Å². The predicted molar refractivity (Wildman–Crippen MR) is 78.5 cm³/mol. The fourth-order valence-corrected chi connectivity index (χ4v) is 7.12. The molecule has 0 radical (unpaired) electrons. The minimum absolute atomic E-state index is 0.0154. The lowest BCUT2D eigenvalue weighted by Gasteiger charge is -2.33. The Morgan fingerprint density at radius 1 is 1.21 bits per heavy atom. The van der Waals surface area contributed by atoms with Gasteiger partial charge >= 0.3 is 5.97 Å². The first-order valence-corrected chi connectivity index (χ1v) is 10.5. The molecule has 0 bridgehead atoms. The average Bonchev–Trinajstić information content (AvgIpc) is 2.85. The second-order valence-electron chi connectivity index (χ2n) is 6.03. The van der Waals surface area contributed by atoms with Crippen molar-refractivity contribution in [3.8, 4) is 0 Å². The van der Waals surface area contributed by atoms with Crippen LogP contribution in [0.5, 0.6) is 0 Å². The third-order valence-electron chi connectivity index (χ3n) is 5.41. The normalized spacial score (nSPS) is 33.1. The lowest BCUT2D eigenvalue weighted by molar-refractivity contribution is -0.146. The lowest BCUT2D eigenvalue weighted by Crippen LogP contribution is -2.42. The summed E-state index contributed by atoms with van der Waals surface area (Å²) >= 11 is 0. The smallest absolute Gasteiger partial charge is 0.312 e. The summed E-state index contributed by atoms with van der Waals surface area (Å²) in [5, 5.41) is 0. The number of carbonyl (C=O) groups is 1. The van der Waals surface area contributed by atoms with Gasteiger partial charge in [0.1, 0.15) is 0 Å². The molecule has 2 rings (SSSR count). The van der Waals surface area contributed by atoms with Gasteiger partial charge in [-0.2, -0.15) is 0 Å². The van der Waals surface area contributed by atoms with E-state index in [2.05, 4.69) is 20.8 Å². The summed E-state index contributed by atoms with van der Waals surface area (Å²) in [5.74, 6) is 0.471. The van der Waals surface area contributed by atoms with E-state index in [1.807, 2.05) is 6.92 Å². The zero-order valence-corrected chi connectivity index (χ0v) is 13.8. The molecule has 110 valence electrons. The quantitative estimate of drug-likeness (QED) is 0.528. The van der Waals surface area contributed by atoms with Gasteiger partial charge in [0, 0.05) is 5.92 Å². The molecule has 2 aliphatic carbocycles. The molecule has 2 fully saturated rings. The number of hydrogen-bond acceptors (Lipinski definition) is 3. The SMILES string of the molecule is CCOC(=O)C1C2CCCC21O[Si](CC)(CC)CC. The summed E-state index contributed by atoms with van der Waals surface area (Å²) in [4.78, 5) is 12.1. The van der Waals surface area contributed by atoms with Gasteiger partial charge in [-0.3, -0.25) is 4.79 Å². The Kier molecular flexibility index (Phi) is 4.41. The van der Waals surface area contributed by atoms with Gasteiger partial charge < -0.3 is 9.16 Å². The van der Waals surface area contributed by atoms with Crippen LogP contribution >= 0.6 is 0 Å². The fraction of sp³-hybridized carbons (Fsp3) is 0.933. The minimum Gasteiger partial charge on any atom is -0.466 e. The highest BCUT2D eigenvalue weighted by atomic mass is 28.4. The Morgan fingerprint density at radius 2 is 1.84 bits per heavy atom. The molecule has 3 atom stereocenters. The molecule has 3 unspecified atom stereocenters. The maximum absolute atomic E-state index is 12.1. The van der Waals surface area contributed by atoms with Crippen LogP contribution in [0.3, 0.4) is 0 Å². The highest BCUT2D eigenvalue weighted by Crippen LogP contribution is 2.65. The van der Waals surface area contributed by atoms with Crippen LogP contribution in [0, 0.1) is 11.8 Å². The van der Waals surface area contributed by atoms with Crippen LogP contribution in [0.15, 0.2) is 0 Å². The van der Waals surface area contributed by atoms with E-state index in [0.717, 1.165) is 31.0 Å². The van der Waals surface area contributed by atoms with Crippen LogP contribution in [-0.2, 0) is 14.0 Å². The number of fused-ring (bicyclic) bond motifs is 1. The molecule has 0 spiro atoms. The Morgan fingerprint density at radius 3 is 2.37 bits per heavy atom. The zero-order chi connectivity index (χ0) is 14.1. The van der Waals surface area contributed by atoms with E-state index in [-0.39, 0.29) is 17.5 Å². The van der Waals surface area contributed by atoms with Gasteiger partial charge in [-0.1, -0.05) is 27.2 Å². The topological polar surface area (TPSA) is 35.5 Å². The molecule has 2 saturated carbocycles. The van der Waals surface area contributed by atoms with Crippen LogP contribution in [0.1, 0.15) is 47.0 Å². The first-order chi connectivity index (χ1) is 9.09. The minimum atomic E-state index is -1.63. The van der Waals surface area contributed by atoms with Crippen LogP contribution in [-0.4, -0.2) is 26.5 Å². The summed E-state index contributed by atoms with van der Waals surface area (Å²) in [5.41, 5.74) is -0.124. The molecule has 0 aromatic rings. The van der Waals surface area contributed by atoms with Gasteiger partial charge in [-0.15, -0.1) is 0 Å². The molecule has 3 nitrogen and oxygen atoms in total. The molecule has 0 amide bonds. The summed E-state index contributed by atoms with van der Waals surface area (Å²) in [6.07, 6.45) is 3.42. The monoisotopic (exact) mass is 284 g/mol. The van der Waals surface area contributed by atoms with Gasteiger partial charge in [0.05, 0.1) is 18.1 Å². The van der Waals surface area contributed by atoms with Gasteiger partial charge in [-0.05, 0) is 37.9 Å². The molecule has 2 aliphatic rings. The Hall–Kier alpha value is -0.353. The van der Waals surface area contributed by atoms with Crippen LogP contribution in [0.4, 0.5) is 0 Å². The standard InChI is InChI=1S/C15H28O3Si/c1-5-17-14(16)13-12-10-9-11-15(12,13)18-19(6-2,7-3)8-4/h12-13H,5-11H2,1-4H3.